The molecule has 0 bridgehead atoms. The van der Waals surface area contributed by atoms with Crippen molar-refractivity contribution in [2.24, 2.45) is 11.8 Å². The first-order valence-electron chi connectivity index (χ1n) is 9.14. The predicted octanol–water partition coefficient (Wildman–Crippen LogP) is 2.78. The number of fused-ring (bicyclic) bond motifs is 1. The molecule has 3 atom stereocenters. The molecular formula is C21H25N3O. The Morgan fingerprint density at radius 3 is 2.72 bits per heavy atom. The molecule has 2 aliphatic heterocycles. The van der Waals surface area contributed by atoms with E-state index in [-0.39, 0.29) is 5.91 Å². The van der Waals surface area contributed by atoms with Gasteiger partial charge in [-0.05, 0) is 36.6 Å². The summed E-state index contributed by atoms with van der Waals surface area (Å²) in [5.41, 5.74) is 2.51. The third kappa shape index (κ3) is 3.31. The standard InChI is InChI=1S/C21H25N3O/c1-23-13-18-14-24(20(25)10-9-16-6-5-11-22-12-16)15-19(18)21(23)17-7-3-2-4-8-17/h2-8,11-12,18-19,21H,9-10,13-15H2,1H3/t18-,19+,21-/m0/s1. The van der Waals surface area contributed by atoms with E-state index in [0.717, 1.165) is 31.6 Å². The SMILES string of the molecule is CN1C[C@H]2CN(C(=O)CCc3cccnc3)C[C@H]2[C@@H]1c1ccccc1. The number of hydrogen-bond acceptors (Lipinski definition) is 3. The van der Waals surface area contributed by atoms with Gasteiger partial charge in [0.1, 0.15) is 0 Å². The second-order valence-corrected chi connectivity index (χ2v) is 7.38. The molecule has 0 radical (unpaired) electrons. The molecule has 0 N–H and O–H groups in total. The van der Waals surface area contributed by atoms with E-state index in [9.17, 15) is 4.79 Å². The van der Waals surface area contributed by atoms with E-state index in [2.05, 4.69) is 52.2 Å². The van der Waals surface area contributed by atoms with Crippen molar-refractivity contribution in [3.63, 3.8) is 0 Å². The number of rotatable bonds is 4. The predicted molar refractivity (Wildman–Crippen MR) is 97.9 cm³/mol. The van der Waals surface area contributed by atoms with Gasteiger partial charge in [0.2, 0.25) is 5.91 Å². The van der Waals surface area contributed by atoms with Crippen molar-refractivity contribution in [3.05, 3.63) is 66.0 Å². The summed E-state index contributed by atoms with van der Waals surface area (Å²) in [7, 11) is 2.21. The molecule has 2 aliphatic rings. The molecule has 2 aromatic rings. The zero-order valence-corrected chi connectivity index (χ0v) is 14.7. The first-order chi connectivity index (χ1) is 12.2. The monoisotopic (exact) mass is 335 g/mol. The molecule has 1 amide bonds. The smallest absolute Gasteiger partial charge is 0.222 e. The van der Waals surface area contributed by atoms with E-state index in [1.54, 1.807) is 6.20 Å². The van der Waals surface area contributed by atoms with Gasteiger partial charge in [-0.15, -0.1) is 0 Å². The molecule has 4 rings (SSSR count). The molecular weight excluding hydrogens is 310 g/mol. The largest absolute Gasteiger partial charge is 0.342 e. The quantitative estimate of drug-likeness (QED) is 0.862. The van der Waals surface area contributed by atoms with Crippen LogP contribution in [0.1, 0.15) is 23.6 Å². The Morgan fingerprint density at radius 2 is 1.96 bits per heavy atom. The maximum Gasteiger partial charge on any atom is 0.222 e. The summed E-state index contributed by atoms with van der Waals surface area (Å²) in [5, 5.41) is 0. The van der Waals surface area contributed by atoms with Crippen molar-refractivity contribution in [3.8, 4) is 0 Å². The molecule has 1 aromatic heterocycles. The van der Waals surface area contributed by atoms with Crippen LogP contribution in [0.3, 0.4) is 0 Å². The van der Waals surface area contributed by atoms with Gasteiger partial charge in [0.05, 0.1) is 0 Å². The van der Waals surface area contributed by atoms with Gasteiger partial charge in [-0.2, -0.15) is 0 Å². The number of carbonyl (C=O) groups excluding carboxylic acids is 1. The van der Waals surface area contributed by atoms with Crippen LogP contribution in [0, 0.1) is 11.8 Å². The minimum Gasteiger partial charge on any atom is -0.342 e. The number of carbonyl (C=O) groups is 1. The molecule has 0 aliphatic carbocycles. The lowest BCUT2D eigenvalue weighted by Crippen LogP contribution is -2.33. The van der Waals surface area contributed by atoms with Crippen molar-refractivity contribution in [1.82, 2.24) is 14.8 Å². The lowest BCUT2D eigenvalue weighted by Gasteiger charge is -2.27. The Bertz CT molecular complexity index is 718. The third-order valence-electron chi connectivity index (χ3n) is 5.74. The highest BCUT2D eigenvalue weighted by molar-refractivity contribution is 5.76. The molecule has 25 heavy (non-hydrogen) atoms. The third-order valence-corrected chi connectivity index (χ3v) is 5.74. The van der Waals surface area contributed by atoms with Crippen LogP contribution in [0.15, 0.2) is 54.9 Å². The summed E-state index contributed by atoms with van der Waals surface area (Å²) in [6.45, 7) is 2.88. The highest BCUT2D eigenvalue weighted by Gasteiger charge is 2.46. The second kappa shape index (κ2) is 6.96. The Morgan fingerprint density at radius 1 is 1.12 bits per heavy atom. The van der Waals surface area contributed by atoms with Crippen molar-refractivity contribution in [2.45, 2.75) is 18.9 Å². The minimum absolute atomic E-state index is 0.285. The molecule has 0 unspecified atom stereocenters. The van der Waals surface area contributed by atoms with Crippen LogP contribution in [0.4, 0.5) is 0 Å². The lowest BCUT2D eigenvalue weighted by atomic mass is 9.90. The first kappa shape index (κ1) is 16.3. The molecule has 0 saturated carbocycles. The van der Waals surface area contributed by atoms with Crippen LogP contribution in [0.25, 0.3) is 0 Å². The van der Waals surface area contributed by atoms with Gasteiger partial charge in [0, 0.05) is 50.4 Å². The van der Waals surface area contributed by atoms with Crippen molar-refractivity contribution >= 4 is 5.91 Å². The van der Waals surface area contributed by atoms with E-state index in [4.69, 9.17) is 0 Å². The summed E-state index contributed by atoms with van der Waals surface area (Å²) in [4.78, 5) is 21.3. The number of benzene rings is 1. The van der Waals surface area contributed by atoms with Gasteiger partial charge in [0.25, 0.3) is 0 Å². The maximum absolute atomic E-state index is 12.7. The number of pyridine rings is 1. The van der Waals surface area contributed by atoms with Crippen LogP contribution < -0.4 is 0 Å². The zero-order chi connectivity index (χ0) is 17.2. The normalized spacial score (nSPS) is 26.0. The number of nitrogens with zero attached hydrogens (tertiary/aromatic N) is 3. The molecule has 4 nitrogen and oxygen atoms in total. The summed E-state index contributed by atoms with van der Waals surface area (Å²) < 4.78 is 0. The Labute approximate surface area is 149 Å². The van der Waals surface area contributed by atoms with Crippen LogP contribution in [-0.4, -0.2) is 47.4 Å². The van der Waals surface area contributed by atoms with Crippen molar-refractivity contribution < 1.29 is 4.79 Å². The van der Waals surface area contributed by atoms with Crippen LogP contribution in [0.2, 0.25) is 0 Å². The van der Waals surface area contributed by atoms with E-state index in [1.807, 2.05) is 18.3 Å². The molecule has 1 aromatic carbocycles. The summed E-state index contributed by atoms with van der Waals surface area (Å²) in [6, 6.07) is 15.1. The fourth-order valence-electron chi connectivity index (χ4n) is 4.57. The number of likely N-dealkylation sites (tertiary alicyclic amines) is 2. The lowest BCUT2D eigenvalue weighted by molar-refractivity contribution is -0.130. The summed E-state index contributed by atoms with van der Waals surface area (Å²) in [5.74, 6) is 1.43. The van der Waals surface area contributed by atoms with Gasteiger partial charge in [0.15, 0.2) is 0 Å². The van der Waals surface area contributed by atoms with Crippen LogP contribution >= 0.6 is 0 Å². The maximum atomic E-state index is 12.7. The van der Waals surface area contributed by atoms with Crippen LogP contribution in [-0.2, 0) is 11.2 Å². The fraction of sp³-hybridized carbons (Fsp3) is 0.429. The fourth-order valence-corrected chi connectivity index (χ4v) is 4.57. The average molecular weight is 335 g/mol. The molecule has 2 fully saturated rings. The average Bonchev–Trinajstić information content (AvgIpc) is 3.18. The Hall–Kier alpha value is -2.20. The van der Waals surface area contributed by atoms with Gasteiger partial charge >= 0.3 is 0 Å². The van der Waals surface area contributed by atoms with Gasteiger partial charge in [-0.1, -0.05) is 36.4 Å². The van der Waals surface area contributed by atoms with Crippen molar-refractivity contribution in [1.29, 1.82) is 0 Å². The topological polar surface area (TPSA) is 36.4 Å². The molecule has 130 valence electrons. The van der Waals surface area contributed by atoms with Crippen LogP contribution in [0.5, 0.6) is 0 Å². The molecule has 3 heterocycles. The Kier molecular flexibility index (Phi) is 4.53. The minimum atomic E-state index is 0.285. The van der Waals surface area contributed by atoms with E-state index in [0.29, 0.717) is 24.3 Å². The molecule has 4 heteroatoms. The Balaban J connectivity index is 1.40. The first-order valence-corrected chi connectivity index (χ1v) is 9.14. The number of amides is 1. The molecule has 0 spiro atoms. The molecule has 2 saturated heterocycles. The zero-order valence-electron chi connectivity index (χ0n) is 14.7. The van der Waals surface area contributed by atoms with Gasteiger partial charge in [-0.3, -0.25) is 14.7 Å². The van der Waals surface area contributed by atoms with E-state index >= 15 is 0 Å². The second-order valence-electron chi connectivity index (χ2n) is 7.38. The number of hydrogen-bond donors (Lipinski definition) is 0. The highest BCUT2D eigenvalue weighted by atomic mass is 16.2. The number of aryl methyl sites for hydroxylation is 1. The highest BCUT2D eigenvalue weighted by Crippen LogP contribution is 2.44. The van der Waals surface area contributed by atoms with Gasteiger partial charge in [-0.25, -0.2) is 0 Å². The van der Waals surface area contributed by atoms with Gasteiger partial charge < -0.3 is 4.90 Å². The number of aromatic nitrogens is 1. The summed E-state index contributed by atoms with van der Waals surface area (Å²) in [6.07, 6.45) is 4.98. The van der Waals surface area contributed by atoms with Crippen molar-refractivity contribution in [2.75, 3.05) is 26.7 Å². The van der Waals surface area contributed by atoms with E-state index < -0.39 is 0 Å². The summed E-state index contributed by atoms with van der Waals surface area (Å²) >= 11 is 0. The van der Waals surface area contributed by atoms with E-state index in [1.165, 1.54) is 5.56 Å².